The summed E-state index contributed by atoms with van der Waals surface area (Å²) in [5.74, 6) is 1.02. The minimum Gasteiger partial charge on any atom is -0.469 e. The van der Waals surface area contributed by atoms with Crippen LogP contribution in [0.5, 0.6) is 0 Å². The summed E-state index contributed by atoms with van der Waals surface area (Å²) in [4.78, 5) is 0. The van der Waals surface area contributed by atoms with Crippen LogP contribution in [0.4, 0.5) is 0 Å². The summed E-state index contributed by atoms with van der Waals surface area (Å²) < 4.78 is 7.23. The van der Waals surface area contributed by atoms with Crippen LogP contribution in [0.15, 0.2) is 22.8 Å². The lowest BCUT2D eigenvalue weighted by Crippen LogP contribution is -2.29. The Morgan fingerprint density at radius 2 is 2.32 bits per heavy atom. The second-order valence-corrected chi connectivity index (χ2v) is 5.16. The maximum absolute atomic E-state index is 6.29. The van der Waals surface area contributed by atoms with Crippen LogP contribution in [0.2, 0.25) is 5.02 Å². The molecule has 2 aromatic rings. The summed E-state index contributed by atoms with van der Waals surface area (Å²) in [5.41, 5.74) is 1.97. The van der Waals surface area contributed by atoms with Crippen molar-refractivity contribution in [1.82, 2.24) is 15.1 Å². The van der Waals surface area contributed by atoms with Gasteiger partial charge in [-0.1, -0.05) is 11.6 Å². The molecule has 0 bridgehead atoms. The zero-order valence-corrected chi connectivity index (χ0v) is 12.4. The first-order valence-corrected chi connectivity index (χ1v) is 6.87. The quantitative estimate of drug-likeness (QED) is 0.885. The monoisotopic (exact) mass is 281 g/mol. The van der Waals surface area contributed by atoms with E-state index in [2.05, 4.69) is 10.4 Å². The van der Waals surface area contributed by atoms with Gasteiger partial charge in [-0.2, -0.15) is 5.10 Å². The molecule has 0 saturated heterocycles. The third-order valence-electron chi connectivity index (χ3n) is 3.43. The number of aryl methyl sites for hydroxylation is 3. The lowest BCUT2D eigenvalue weighted by Gasteiger charge is -2.16. The van der Waals surface area contributed by atoms with Crippen molar-refractivity contribution in [1.29, 1.82) is 0 Å². The summed E-state index contributed by atoms with van der Waals surface area (Å²) in [5, 5.41) is 8.46. The number of nitrogens with zero attached hydrogens (tertiary/aromatic N) is 2. The second-order valence-electron chi connectivity index (χ2n) is 4.78. The van der Waals surface area contributed by atoms with E-state index in [4.69, 9.17) is 16.0 Å². The molecule has 0 radical (unpaired) electrons. The lowest BCUT2D eigenvalue weighted by molar-refractivity contribution is 0.454. The predicted molar refractivity (Wildman–Crippen MR) is 76.5 cm³/mol. The van der Waals surface area contributed by atoms with Crippen LogP contribution >= 0.6 is 11.6 Å². The average molecular weight is 282 g/mol. The number of aromatic nitrogens is 2. The molecule has 2 aromatic heterocycles. The van der Waals surface area contributed by atoms with Crippen molar-refractivity contribution < 1.29 is 4.42 Å². The first-order valence-electron chi connectivity index (χ1n) is 6.49. The standard InChI is InChI=1S/C14H20ClN3O/c1-10-14(15)13(18(3)17-10)9-11(16-2)6-7-12-5-4-8-19-12/h4-5,8,11,16H,6-7,9H2,1-3H3. The van der Waals surface area contributed by atoms with Crippen molar-refractivity contribution in [3.8, 4) is 0 Å². The van der Waals surface area contributed by atoms with Gasteiger partial charge in [0, 0.05) is 25.9 Å². The molecule has 0 spiro atoms. The van der Waals surface area contributed by atoms with Gasteiger partial charge in [0.15, 0.2) is 0 Å². The van der Waals surface area contributed by atoms with Gasteiger partial charge in [0.25, 0.3) is 0 Å². The summed E-state index contributed by atoms with van der Waals surface area (Å²) in [7, 11) is 3.91. The van der Waals surface area contributed by atoms with E-state index in [9.17, 15) is 0 Å². The fraction of sp³-hybridized carbons (Fsp3) is 0.500. The Labute approximate surface area is 118 Å². The maximum Gasteiger partial charge on any atom is 0.103 e. The molecule has 19 heavy (non-hydrogen) atoms. The molecule has 1 N–H and O–H groups in total. The highest BCUT2D eigenvalue weighted by molar-refractivity contribution is 6.31. The Morgan fingerprint density at radius 3 is 2.84 bits per heavy atom. The summed E-state index contributed by atoms with van der Waals surface area (Å²) in [6.07, 6.45) is 4.51. The number of hydrogen-bond acceptors (Lipinski definition) is 3. The first-order chi connectivity index (χ1) is 9.11. The molecular formula is C14H20ClN3O. The van der Waals surface area contributed by atoms with Crippen molar-refractivity contribution >= 4 is 11.6 Å². The van der Waals surface area contributed by atoms with Crippen LogP contribution < -0.4 is 5.32 Å². The van der Waals surface area contributed by atoms with Crippen molar-refractivity contribution in [3.63, 3.8) is 0 Å². The zero-order valence-electron chi connectivity index (χ0n) is 11.6. The fourth-order valence-corrected chi connectivity index (χ4v) is 2.49. The second kappa shape index (κ2) is 6.26. The lowest BCUT2D eigenvalue weighted by atomic mass is 10.0. The van der Waals surface area contributed by atoms with Crippen LogP contribution in [-0.4, -0.2) is 22.9 Å². The van der Waals surface area contributed by atoms with Gasteiger partial charge in [-0.05, 0) is 32.5 Å². The minimum atomic E-state index is 0.359. The van der Waals surface area contributed by atoms with Gasteiger partial charge in [-0.15, -0.1) is 0 Å². The first kappa shape index (κ1) is 14.2. The Morgan fingerprint density at radius 1 is 1.53 bits per heavy atom. The Kier molecular flexibility index (Phi) is 4.66. The van der Waals surface area contributed by atoms with Crippen molar-refractivity contribution in [2.24, 2.45) is 7.05 Å². The number of halogens is 1. The number of rotatable bonds is 6. The van der Waals surface area contributed by atoms with Crippen LogP contribution in [-0.2, 0) is 19.9 Å². The molecule has 0 saturated carbocycles. The highest BCUT2D eigenvalue weighted by Gasteiger charge is 2.16. The van der Waals surface area contributed by atoms with E-state index < -0.39 is 0 Å². The highest BCUT2D eigenvalue weighted by atomic mass is 35.5. The zero-order chi connectivity index (χ0) is 13.8. The van der Waals surface area contributed by atoms with E-state index in [-0.39, 0.29) is 0 Å². The molecule has 104 valence electrons. The normalized spacial score (nSPS) is 12.8. The van der Waals surface area contributed by atoms with E-state index >= 15 is 0 Å². The van der Waals surface area contributed by atoms with Gasteiger partial charge in [0.1, 0.15) is 5.76 Å². The van der Waals surface area contributed by atoms with E-state index in [1.54, 1.807) is 6.26 Å². The molecule has 0 aliphatic rings. The Bertz CT molecular complexity index is 519. The maximum atomic E-state index is 6.29. The van der Waals surface area contributed by atoms with Crippen LogP contribution in [0.25, 0.3) is 0 Å². The number of likely N-dealkylation sites (N-methyl/N-ethyl adjacent to an activating group) is 1. The van der Waals surface area contributed by atoms with Crippen LogP contribution in [0.3, 0.4) is 0 Å². The van der Waals surface area contributed by atoms with E-state index in [1.165, 1.54) is 0 Å². The molecule has 2 heterocycles. The van der Waals surface area contributed by atoms with Gasteiger partial charge >= 0.3 is 0 Å². The SMILES string of the molecule is CNC(CCc1ccco1)Cc1c(Cl)c(C)nn1C. The average Bonchev–Trinajstić information content (AvgIpc) is 2.98. The minimum absolute atomic E-state index is 0.359. The molecule has 0 aromatic carbocycles. The van der Waals surface area contributed by atoms with Gasteiger partial charge < -0.3 is 9.73 Å². The number of furan rings is 1. The van der Waals surface area contributed by atoms with E-state index in [0.29, 0.717) is 6.04 Å². The molecule has 2 rings (SSSR count). The molecule has 4 nitrogen and oxygen atoms in total. The largest absolute Gasteiger partial charge is 0.469 e. The Hall–Kier alpha value is -1.26. The van der Waals surface area contributed by atoms with Crippen LogP contribution in [0.1, 0.15) is 23.6 Å². The van der Waals surface area contributed by atoms with Crippen LogP contribution in [0, 0.1) is 6.92 Å². The molecule has 1 unspecified atom stereocenters. The molecule has 0 aliphatic heterocycles. The molecule has 1 atom stereocenters. The molecule has 0 amide bonds. The smallest absolute Gasteiger partial charge is 0.103 e. The Balaban J connectivity index is 1.98. The van der Waals surface area contributed by atoms with Crippen molar-refractivity contribution in [2.45, 2.75) is 32.2 Å². The number of nitrogens with one attached hydrogen (secondary N) is 1. The highest BCUT2D eigenvalue weighted by Crippen LogP contribution is 2.21. The third-order valence-corrected chi connectivity index (χ3v) is 3.92. The van der Waals surface area contributed by atoms with Gasteiger partial charge in [0.2, 0.25) is 0 Å². The van der Waals surface area contributed by atoms with Gasteiger partial charge in [0.05, 0.1) is 22.7 Å². The summed E-state index contributed by atoms with van der Waals surface area (Å²) >= 11 is 6.29. The molecule has 0 aliphatic carbocycles. The van der Waals surface area contributed by atoms with Gasteiger partial charge in [-0.25, -0.2) is 0 Å². The third kappa shape index (κ3) is 3.39. The van der Waals surface area contributed by atoms with E-state index in [1.807, 2.05) is 37.8 Å². The fourth-order valence-electron chi connectivity index (χ4n) is 2.26. The summed E-state index contributed by atoms with van der Waals surface area (Å²) in [6, 6.07) is 4.29. The summed E-state index contributed by atoms with van der Waals surface area (Å²) in [6.45, 7) is 1.93. The van der Waals surface area contributed by atoms with Crippen molar-refractivity contribution in [2.75, 3.05) is 7.05 Å². The predicted octanol–water partition coefficient (Wildman–Crippen LogP) is 2.74. The van der Waals surface area contributed by atoms with E-state index in [0.717, 1.165) is 41.4 Å². The molecule has 0 fully saturated rings. The molecular weight excluding hydrogens is 262 g/mol. The number of hydrogen-bond donors (Lipinski definition) is 1. The van der Waals surface area contributed by atoms with Gasteiger partial charge in [-0.3, -0.25) is 4.68 Å². The topological polar surface area (TPSA) is 43.0 Å². The van der Waals surface area contributed by atoms with Crippen molar-refractivity contribution in [3.05, 3.63) is 40.6 Å². The molecule has 5 heteroatoms.